The van der Waals surface area contributed by atoms with E-state index in [-0.39, 0.29) is 5.96 Å². The number of nitrogens with zero attached hydrogens (tertiary/aromatic N) is 3. The van der Waals surface area contributed by atoms with Gasteiger partial charge in [-0.15, -0.1) is 0 Å². The third kappa shape index (κ3) is 2.72. The highest BCUT2D eigenvalue weighted by Gasteiger charge is 2.22. The van der Waals surface area contributed by atoms with Gasteiger partial charge < -0.3 is 11.5 Å². The third-order valence-electron chi connectivity index (χ3n) is 3.35. The van der Waals surface area contributed by atoms with Crippen molar-refractivity contribution < 1.29 is 0 Å². The van der Waals surface area contributed by atoms with Crippen molar-refractivity contribution in [1.82, 2.24) is 9.97 Å². The highest BCUT2D eigenvalue weighted by atomic mass is 15.1. The van der Waals surface area contributed by atoms with E-state index in [9.17, 15) is 0 Å². The first-order chi connectivity index (χ1) is 8.06. The van der Waals surface area contributed by atoms with Gasteiger partial charge in [0.05, 0.1) is 0 Å². The van der Waals surface area contributed by atoms with Gasteiger partial charge >= 0.3 is 0 Å². The quantitative estimate of drug-likeness (QED) is 0.592. The Labute approximate surface area is 101 Å². The summed E-state index contributed by atoms with van der Waals surface area (Å²) >= 11 is 0. The molecule has 0 amide bonds. The summed E-state index contributed by atoms with van der Waals surface area (Å²) in [6.07, 6.45) is 5.10. The van der Waals surface area contributed by atoms with Crippen molar-refractivity contribution in [2.75, 3.05) is 0 Å². The summed E-state index contributed by atoms with van der Waals surface area (Å²) in [5, 5.41) is 0. The lowest BCUT2D eigenvalue weighted by Crippen LogP contribution is -2.23. The van der Waals surface area contributed by atoms with Crippen LogP contribution in [-0.4, -0.2) is 15.9 Å². The lowest BCUT2D eigenvalue weighted by molar-refractivity contribution is 0.339. The molecule has 1 aliphatic carbocycles. The highest BCUT2D eigenvalue weighted by Crippen LogP contribution is 2.29. The van der Waals surface area contributed by atoms with Crippen molar-refractivity contribution in [2.24, 2.45) is 28.3 Å². The second-order valence-corrected chi connectivity index (χ2v) is 4.93. The van der Waals surface area contributed by atoms with Gasteiger partial charge in [0.15, 0.2) is 5.96 Å². The zero-order chi connectivity index (χ0) is 12.4. The largest absolute Gasteiger partial charge is 0.370 e. The van der Waals surface area contributed by atoms with Gasteiger partial charge in [0.25, 0.3) is 5.95 Å². The Morgan fingerprint density at radius 3 is 2.88 bits per heavy atom. The van der Waals surface area contributed by atoms with Gasteiger partial charge in [-0.2, -0.15) is 4.99 Å². The number of aliphatic imine (C=N–C) groups is 1. The van der Waals surface area contributed by atoms with Crippen LogP contribution in [0.5, 0.6) is 0 Å². The molecule has 0 fully saturated rings. The Morgan fingerprint density at radius 1 is 1.47 bits per heavy atom. The second-order valence-electron chi connectivity index (χ2n) is 4.93. The van der Waals surface area contributed by atoms with Crippen LogP contribution in [0.15, 0.2) is 11.2 Å². The van der Waals surface area contributed by atoms with E-state index in [4.69, 9.17) is 11.5 Å². The smallest absolute Gasteiger partial charge is 0.252 e. The maximum atomic E-state index is 5.31. The molecule has 1 aromatic rings. The normalized spacial score (nSPS) is 18.9. The van der Waals surface area contributed by atoms with Gasteiger partial charge in [-0.3, -0.25) is 0 Å². The van der Waals surface area contributed by atoms with Crippen LogP contribution in [0.3, 0.4) is 0 Å². The molecule has 1 aliphatic rings. The predicted molar refractivity (Wildman–Crippen MR) is 67.9 cm³/mol. The third-order valence-corrected chi connectivity index (χ3v) is 3.35. The molecule has 4 N–H and O–H groups in total. The Balaban J connectivity index is 2.22. The molecule has 17 heavy (non-hydrogen) atoms. The van der Waals surface area contributed by atoms with Gasteiger partial charge in [0, 0.05) is 11.9 Å². The molecule has 1 heterocycles. The van der Waals surface area contributed by atoms with E-state index >= 15 is 0 Å². The van der Waals surface area contributed by atoms with Crippen LogP contribution in [0.25, 0.3) is 0 Å². The molecule has 0 aromatic carbocycles. The fourth-order valence-electron chi connectivity index (χ4n) is 2.26. The minimum absolute atomic E-state index is 0.000756. The molecule has 0 bridgehead atoms. The van der Waals surface area contributed by atoms with Crippen molar-refractivity contribution in [1.29, 1.82) is 0 Å². The van der Waals surface area contributed by atoms with E-state index in [2.05, 4.69) is 28.8 Å². The number of aromatic nitrogens is 2. The SMILES string of the molecule is CC(C)C1CCc2nc(N=C(N)N)ncc2C1. The van der Waals surface area contributed by atoms with Crippen LogP contribution >= 0.6 is 0 Å². The number of hydrogen-bond donors (Lipinski definition) is 2. The predicted octanol–water partition coefficient (Wildman–Crippen LogP) is 1.14. The molecule has 5 heteroatoms. The lowest BCUT2D eigenvalue weighted by Gasteiger charge is -2.26. The molecule has 0 spiro atoms. The fraction of sp³-hybridized carbons (Fsp3) is 0.583. The van der Waals surface area contributed by atoms with Crippen LogP contribution in [0.2, 0.25) is 0 Å². The number of fused-ring (bicyclic) bond motifs is 1. The van der Waals surface area contributed by atoms with Gasteiger partial charge in [-0.05, 0) is 36.7 Å². The Kier molecular flexibility index (Phi) is 3.26. The minimum atomic E-state index is 0.000756. The number of hydrogen-bond acceptors (Lipinski definition) is 3. The van der Waals surface area contributed by atoms with E-state index < -0.39 is 0 Å². The maximum absolute atomic E-state index is 5.31. The first-order valence-corrected chi connectivity index (χ1v) is 6.00. The summed E-state index contributed by atoms with van der Waals surface area (Å²) < 4.78 is 0. The van der Waals surface area contributed by atoms with Gasteiger partial charge in [-0.25, -0.2) is 9.97 Å². The second kappa shape index (κ2) is 4.69. The summed E-state index contributed by atoms with van der Waals surface area (Å²) in [7, 11) is 0. The van der Waals surface area contributed by atoms with Crippen molar-refractivity contribution >= 4 is 11.9 Å². The van der Waals surface area contributed by atoms with Crippen molar-refractivity contribution in [3.05, 3.63) is 17.5 Å². The number of guanidine groups is 1. The van der Waals surface area contributed by atoms with Crippen molar-refractivity contribution in [2.45, 2.75) is 33.1 Å². The van der Waals surface area contributed by atoms with Gasteiger partial charge in [0.2, 0.25) is 0 Å². The number of rotatable bonds is 2. The monoisotopic (exact) mass is 233 g/mol. The minimum Gasteiger partial charge on any atom is -0.370 e. The van der Waals surface area contributed by atoms with Crippen LogP contribution in [0, 0.1) is 11.8 Å². The summed E-state index contributed by atoms with van der Waals surface area (Å²) in [4.78, 5) is 12.4. The summed E-state index contributed by atoms with van der Waals surface area (Å²) in [5.41, 5.74) is 13.0. The van der Waals surface area contributed by atoms with E-state index in [0.717, 1.165) is 24.5 Å². The van der Waals surface area contributed by atoms with Crippen LogP contribution in [0.4, 0.5) is 5.95 Å². The molecule has 5 nitrogen and oxygen atoms in total. The highest BCUT2D eigenvalue weighted by molar-refractivity contribution is 5.77. The first-order valence-electron chi connectivity index (χ1n) is 6.00. The topological polar surface area (TPSA) is 90.2 Å². The molecule has 0 saturated heterocycles. The first kappa shape index (κ1) is 11.8. The maximum Gasteiger partial charge on any atom is 0.252 e. The average molecular weight is 233 g/mol. The van der Waals surface area contributed by atoms with Gasteiger partial charge in [-0.1, -0.05) is 13.8 Å². The number of aryl methyl sites for hydroxylation is 1. The average Bonchev–Trinajstić information content (AvgIpc) is 2.27. The molecular formula is C12H19N5. The zero-order valence-corrected chi connectivity index (χ0v) is 10.3. The van der Waals surface area contributed by atoms with E-state index in [1.165, 1.54) is 12.0 Å². The molecular weight excluding hydrogens is 214 g/mol. The molecule has 1 unspecified atom stereocenters. The Hall–Kier alpha value is -1.65. The van der Waals surface area contributed by atoms with Crippen molar-refractivity contribution in [3.63, 3.8) is 0 Å². The van der Waals surface area contributed by atoms with Crippen LogP contribution < -0.4 is 11.5 Å². The molecule has 92 valence electrons. The molecule has 1 atom stereocenters. The number of nitrogens with two attached hydrogens (primary N) is 2. The van der Waals surface area contributed by atoms with E-state index in [1.54, 1.807) is 0 Å². The Morgan fingerprint density at radius 2 is 2.24 bits per heavy atom. The molecule has 0 radical (unpaired) electrons. The van der Waals surface area contributed by atoms with Crippen molar-refractivity contribution in [3.8, 4) is 0 Å². The molecule has 1 aromatic heterocycles. The van der Waals surface area contributed by atoms with Gasteiger partial charge in [0.1, 0.15) is 0 Å². The molecule has 2 rings (SSSR count). The fourth-order valence-corrected chi connectivity index (χ4v) is 2.26. The summed E-state index contributed by atoms with van der Waals surface area (Å²) in [6.45, 7) is 4.54. The Bertz CT molecular complexity index is 435. The van der Waals surface area contributed by atoms with E-state index in [1.807, 2.05) is 6.20 Å². The van der Waals surface area contributed by atoms with Crippen LogP contribution in [0.1, 0.15) is 31.5 Å². The summed E-state index contributed by atoms with van der Waals surface area (Å²) in [6, 6.07) is 0. The lowest BCUT2D eigenvalue weighted by atomic mass is 9.80. The molecule has 0 aliphatic heterocycles. The van der Waals surface area contributed by atoms with Crippen LogP contribution in [-0.2, 0) is 12.8 Å². The molecule has 0 saturated carbocycles. The zero-order valence-electron chi connectivity index (χ0n) is 10.3. The summed E-state index contributed by atoms with van der Waals surface area (Å²) in [5.74, 6) is 1.81. The standard InChI is InChI=1S/C12H19N5/c1-7(2)8-3-4-10-9(5-8)6-15-12(16-10)17-11(13)14/h6-8H,3-5H2,1-2H3,(H4,13,14,15,16,17). The van der Waals surface area contributed by atoms with E-state index in [0.29, 0.717) is 11.9 Å².